The van der Waals surface area contributed by atoms with Gasteiger partial charge >= 0.3 is 6.09 Å². The molecule has 122 valence electrons. The maximum absolute atomic E-state index is 12.0. The first-order valence-electron chi connectivity index (χ1n) is 7.74. The Bertz CT molecular complexity index is 540. The summed E-state index contributed by atoms with van der Waals surface area (Å²) in [7, 11) is 0. The van der Waals surface area contributed by atoms with Crippen LogP contribution < -0.4 is 5.32 Å². The first-order chi connectivity index (χ1) is 10.3. The van der Waals surface area contributed by atoms with E-state index in [2.05, 4.69) is 11.4 Å². The van der Waals surface area contributed by atoms with Crippen LogP contribution in [-0.4, -0.2) is 36.2 Å². The Morgan fingerprint density at radius 3 is 2.73 bits per heavy atom. The summed E-state index contributed by atoms with van der Waals surface area (Å²) < 4.78 is 10.8. The zero-order valence-electron chi connectivity index (χ0n) is 13.9. The van der Waals surface area contributed by atoms with E-state index in [-0.39, 0.29) is 6.09 Å². The van der Waals surface area contributed by atoms with Crippen LogP contribution >= 0.6 is 0 Å². The molecule has 5 nitrogen and oxygen atoms in total. The number of carbonyl (C=O) groups excluding carboxylic acids is 1. The fourth-order valence-corrected chi connectivity index (χ4v) is 2.29. The molecule has 0 radical (unpaired) electrons. The molecule has 5 heteroatoms. The van der Waals surface area contributed by atoms with E-state index in [9.17, 15) is 4.79 Å². The van der Waals surface area contributed by atoms with Crippen LogP contribution in [0.4, 0.5) is 4.79 Å². The second kappa shape index (κ2) is 7.01. The van der Waals surface area contributed by atoms with Gasteiger partial charge in [0.25, 0.3) is 0 Å². The smallest absolute Gasteiger partial charge is 0.410 e. The summed E-state index contributed by atoms with van der Waals surface area (Å²) >= 11 is 0. The molecule has 0 atom stereocenters. The van der Waals surface area contributed by atoms with Crippen molar-refractivity contribution in [2.24, 2.45) is 0 Å². The highest BCUT2D eigenvalue weighted by Crippen LogP contribution is 2.15. The predicted octanol–water partition coefficient (Wildman–Crippen LogP) is 3.24. The molecule has 0 saturated carbocycles. The summed E-state index contributed by atoms with van der Waals surface area (Å²) in [5, 5.41) is 3.38. The van der Waals surface area contributed by atoms with Crippen molar-refractivity contribution in [3.63, 3.8) is 0 Å². The van der Waals surface area contributed by atoms with E-state index in [1.54, 1.807) is 11.2 Å². The van der Waals surface area contributed by atoms with Crippen molar-refractivity contribution in [3.05, 3.63) is 35.3 Å². The van der Waals surface area contributed by atoms with Crippen LogP contribution in [0.15, 0.2) is 28.4 Å². The van der Waals surface area contributed by atoms with Gasteiger partial charge in [-0.15, -0.1) is 0 Å². The van der Waals surface area contributed by atoms with Crippen LogP contribution in [0.1, 0.15) is 38.5 Å². The average Bonchev–Trinajstić information content (AvgIpc) is 2.83. The van der Waals surface area contributed by atoms with Crippen LogP contribution in [0, 0.1) is 6.92 Å². The molecule has 0 unspecified atom stereocenters. The molecule has 2 heterocycles. The Morgan fingerprint density at radius 1 is 1.41 bits per heavy atom. The molecule has 1 aromatic rings. The lowest BCUT2D eigenvalue weighted by atomic mass is 10.1. The summed E-state index contributed by atoms with van der Waals surface area (Å²) in [6, 6.07) is 1.97. The van der Waals surface area contributed by atoms with E-state index in [0.717, 1.165) is 25.3 Å². The van der Waals surface area contributed by atoms with Gasteiger partial charge in [-0.05, 0) is 45.7 Å². The predicted molar refractivity (Wildman–Crippen MR) is 85.7 cm³/mol. The van der Waals surface area contributed by atoms with Gasteiger partial charge < -0.3 is 19.4 Å². The molecule has 1 aromatic heterocycles. The lowest BCUT2D eigenvalue weighted by Crippen LogP contribution is -2.39. The number of nitrogens with zero attached hydrogens (tertiary/aromatic N) is 1. The molecular formula is C17H26N2O3. The topological polar surface area (TPSA) is 54.7 Å². The third-order valence-corrected chi connectivity index (χ3v) is 3.56. The molecular weight excluding hydrogens is 280 g/mol. The van der Waals surface area contributed by atoms with Gasteiger partial charge in [0.15, 0.2) is 0 Å². The highest BCUT2D eigenvalue weighted by atomic mass is 16.6. The van der Waals surface area contributed by atoms with E-state index >= 15 is 0 Å². The van der Waals surface area contributed by atoms with Crippen molar-refractivity contribution in [2.45, 2.75) is 46.3 Å². The highest BCUT2D eigenvalue weighted by Gasteiger charge is 2.23. The molecule has 0 bridgehead atoms. The second-order valence-electron chi connectivity index (χ2n) is 6.67. The summed E-state index contributed by atoms with van der Waals surface area (Å²) in [4.78, 5) is 13.7. The zero-order valence-corrected chi connectivity index (χ0v) is 13.9. The van der Waals surface area contributed by atoms with Crippen LogP contribution in [0.2, 0.25) is 0 Å². The number of hydrogen-bond donors (Lipinski definition) is 1. The highest BCUT2D eigenvalue weighted by molar-refractivity contribution is 5.68. The number of amides is 1. The Balaban J connectivity index is 1.75. The second-order valence-corrected chi connectivity index (χ2v) is 6.67. The van der Waals surface area contributed by atoms with E-state index in [1.165, 1.54) is 11.1 Å². The SMILES string of the molecule is Cc1ccoc1CNCC1=CCN(C(=O)OC(C)(C)C)CC1. The summed E-state index contributed by atoms with van der Waals surface area (Å²) in [6.07, 6.45) is 4.46. The van der Waals surface area contributed by atoms with E-state index in [1.807, 2.05) is 33.8 Å². The van der Waals surface area contributed by atoms with Gasteiger partial charge in [-0.2, -0.15) is 0 Å². The molecule has 22 heavy (non-hydrogen) atoms. The minimum atomic E-state index is -0.441. The maximum Gasteiger partial charge on any atom is 0.410 e. The van der Waals surface area contributed by atoms with Crippen LogP contribution in [0.5, 0.6) is 0 Å². The fourth-order valence-electron chi connectivity index (χ4n) is 2.29. The first kappa shape index (κ1) is 16.6. The standard InChI is InChI=1S/C17H26N2O3/c1-13-7-10-21-15(13)12-18-11-14-5-8-19(9-6-14)16(20)22-17(2,3)4/h5,7,10,18H,6,8-9,11-12H2,1-4H3. The quantitative estimate of drug-likeness (QED) is 0.868. The molecule has 0 fully saturated rings. The zero-order chi connectivity index (χ0) is 16.2. The molecule has 0 spiro atoms. The Labute approximate surface area is 132 Å². The largest absolute Gasteiger partial charge is 0.468 e. The summed E-state index contributed by atoms with van der Waals surface area (Å²) in [5.41, 5.74) is 2.05. The van der Waals surface area contributed by atoms with Crippen molar-refractivity contribution in [1.29, 1.82) is 0 Å². The third-order valence-electron chi connectivity index (χ3n) is 3.56. The average molecular weight is 306 g/mol. The molecule has 1 amide bonds. The molecule has 0 saturated heterocycles. The fraction of sp³-hybridized carbons (Fsp3) is 0.588. The molecule has 2 rings (SSSR count). The number of nitrogens with one attached hydrogen (secondary N) is 1. The number of carbonyl (C=O) groups is 1. The molecule has 1 aliphatic heterocycles. The lowest BCUT2D eigenvalue weighted by Gasteiger charge is -2.29. The Hall–Kier alpha value is -1.75. The molecule has 0 aliphatic carbocycles. The van der Waals surface area contributed by atoms with Crippen molar-refractivity contribution in [1.82, 2.24) is 10.2 Å². The van der Waals surface area contributed by atoms with Crippen LogP contribution in [0.25, 0.3) is 0 Å². The van der Waals surface area contributed by atoms with Gasteiger partial charge in [0.1, 0.15) is 11.4 Å². The van der Waals surface area contributed by atoms with E-state index in [4.69, 9.17) is 9.15 Å². The van der Waals surface area contributed by atoms with Crippen LogP contribution in [0.3, 0.4) is 0 Å². The molecule has 1 aliphatic rings. The van der Waals surface area contributed by atoms with Gasteiger partial charge in [0.05, 0.1) is 12.8 Å². The van der Waals surface area contributed by atoms with Gasteiger partial charge in [0, 0.05) is 19.6 Å². The van der Waals surface area contributed by atoms with Crippen molar-refractivity contribution in [3.8, 4) is 0 Å². The summed E-state index contributed by atoms with van der Waals surface area (Å²) in [6.45, 7) is 10.6. The minimum absolute atomic E-state index is 0.234. The first-order valence-corrected chi connectivity index (χ1v) is 7.74. The molecule has 1 N–H and O–H groups in total. The number of hydrogen-bond acceptors (Lipinski definition) is 4. The van der Waals surface area contributed by atoms with Crippen molar-refractivity contribution < 1.29 is 13.9 Å². The third kappa shape index (κ3) is 4.91. The summed E-state index contributed by atoms with van der Waals surface area (Å²) in [5.74, 6) is 0.979. The number of furan rings is 1. The normalized spacial score (nSPS) is 15.6. The minimum Gasteiger partial charge on any atom is -0.468 e. The lowest BCUT2D eigenvalue weighted by molar-refractivity contribution is 0.0265. The molecule has 0 aromatic carbocycles. The monoisotopic (exact) mass is 306 g/mol. The maximum atomic E-state index is 12.0. The number of aryl methyl sites for hydroxylation is 1. The Morgan fingerprint density at radius 2 is 2.18 bits per heavy atom. The van der Waals surface area contributed by atoms with Gasteiger partial charge in [-0.1, -0.05) is 11.6 Å². The van der Waals surface area contributed by atoms with Crippen LogP contribution in [-0.2, 0) is 11.3 Å². The van der Waals surface area contributed by atoms with Crippen molar-refractivity contribution >= 4 is 6.09 Å². The Kier molecular flexibility index (Phi) is 5.29. The van der Waals surface area contributed by atoms with Crippen molar-refractivity contribution in [2.75, 3.05) is 19.6 Å². The van der Waals surface area contributed by atoms with Gasteiger partial charge in [-0.25, -0.2) is 4.79 Å². The number of rotatable bonds is 4. The van der Waals surface area contributed by atoms with Gasteiger partial charge in [-0.3, -0.25) is 0 Å². The van der Waals surface area contributed by atoms with E-state index in [0.29, 0.717) is 13.1 Å². The number of ether oxygens (including phenoxy) is 1. The van der Waals surface area contributed by atoms with Gasteiger partial charge in [0.2, 0.25) is 0 Å². The van der Waals surface area contributed by atoms with E-state index < -0.39 is 5.60 Å².